The Kier molecular flexibility index (Phi) is 4.54. The number of aromatic nitrogens is 2. The molecular weight excluding hydrogens is 374 g/mol. The first kappa shape index (κ1) is 17.8. The Labute approximate surface area is 173 Å². The number of aliphatic imine (C=N–C) groups is 1. The number of rotatable bonds is 4. The molecule has 0 amide bonds. The predicted molar refractivity (Wildman–Crippen MR) is 116 cm³/mol. The van der Waals surface area contributed by atoms with Crippen molar-refractivity contribution in [3.8, 4) is 16.9 Å². The zero-order chi connectivity index (χ0) is 20.3. The van der Waals surface area contributed by atoms with Gasteiger partial charge in [0.2, 0.25) is 5.90 Å². The van der Waals surface area contributed by atoms with Gasteiger partial charge >= 0.3 is 5.97 Å². The highest BCUT2D eigenvalue weighted by Crippen LogP contribution is 2.27. The van der Waals surface area contributed by atoms with Crippen molar-refractivity contribution in [1.29, 1.82) is 0 Å². The number of nitrogens with zero attached hydrogens (tertiary/aromatic N) is 3. The standard InChI is InChI=1S/C25H17N3O2/c29-25-22(26-24(30-25)19-12-6-2-7-13-19)16-20-17-28(21-14-8-3-9-15-21)27-23(20)18-10-4-1-5-11-18/h1-17H. The second kappa shape index (κ2) is 7.64. The number of hydrogen-bond acceptors (Lipinski definition) is 4. The Bertz CT molecular complexity index is 1260. The summed E-state index contributed by atoms with van der Waals surface area (Å²) in [6.07, 6.45) is 3.63. The van der Waals surface area contributed by atoms with Gasteiger partial charge in [-0.25, -0.2) is 14.5 Å². The third kappa shape index (κ3) is 3.44. The molecule has 0 N–H and O–H groups in total. The molecule has 4 aromatic rings. The molecule has 0 saturated carbocycles. The van der Waals surface area contributed by atoms with Crippen molar-refractivity contribution in [2.45, 2.75) is 0 Å². The number of benzene rings is 3. The lowest BCUT2D eigenvalue weighted by molar-refractivity contribution is -0.129. The van der Waals surface area contributed by atoms with Gasteiger partial charge in [0.25, 0.3) is 0 Å². The van der Waals surface area contributed by atoms with Crippen LogP contribution in [-0.4, -0.2) is 21.6 Å². The molecule has 1 aliphatic rings. The van der Waals surface area contributed by atoms with Crippen LogP contribution in [-0.2, 0) is 9.53 Å². The minimum Gasteiger partial charge on any atom is -0.402 e. The molecule has 1 aliphatic heterocycles. The van der Waals surface area contributed by atoms with Gasteiger partial charge in [0, 0.05) is 22.9 Å². The van der Waals surface area contributed by atoms with Crippen molar-refractivity contribution in [1.82, 2.24) is 9.78 Å². The molecule has 5 rings (SSSR count). The van der Waals surface area contributed by atoms with Gasteiger partial charge in [0.1, 0.15) is 5.69 Å². The van der Waals surface area contributed by atoms with Gasteiger partial charge in [-0.15, -0.1) is 0 Å². The highest BCUT2D eigenvalue weighted by Gasteiger charge is 2.25. The van der Waals surface area contributed by atoms with E-state index in [2.05, 4.69) is 4.99 Å². The zero-order valence-corrected chi connectivity index (χ0v) is 16.0. The van der Waals surface area contributed by atoms with E-state index in [4.69, 9.17) is 9.84 Å². The van der Waals surface area contributed by atoms with E-state index in [1.165, 1.54) is 0 Å². The zero-order valence-electron chi connectivity index (χ0n) is 16.0. The highest BCUT2D eigenvalue weighted by atomic mass is 16.6. The van der Waals surface area contributed by atoms with Crippen LogP contribution in [0.2, 0.25) is 0 Å². The van der Waals surface area contributed by atoms with Crippen molar-refractivity contribution in [2.24, 2.45) is 4.99 Å². The maximum atomic E-state index is 12.5. The minimum absolute atomic E-state index is 0.249. The molecule has 5 nitrogen and oxygen atoms in total. The van der Waals surface area contributed by atoms with E-state index in [9.17, 15) is 4.79 Å². The lowest BCUT2D eigenvalue weighted by atomic mass is 10.1. The van der Waals surface area contributed by atoms with Gasteiger partial charge in [-0.1, -0.05) is 66.7 Å². The summed E-state index contributed by atoms with van der Waals surface area (Å²) >= 11 is 0. The van der Waals surface area contributed by atoms with E-state index in [0.717, 1.165) is 28.1 Å². The number of esters is 1. The van der Waals surface area contributed by atoms with Crippen LogP contribution in [0.3, 0.4) is 0 Å². The van der Waals surface area contributed by atoms with Crippen molar-refractivity contribution in [2.75, 3.05) is 0 Å². The van der Waals surface area contributed by atoms with E-state index in [-0.39, 0.29) is 5.70 Å². The van der Waals surface area contributed by atoms with Crippen molar-refractivity contribution < 1.29 is 9.53 Å². The van der Waals surface area contributed by atoms with Gasteiger partial charge in [0.05, 0.1) is 5.69 Å². The topological polar surface area (TPSA) is 56.5 Å². The molecule has 30 heavy (non-hydrogen) atoms. The summed E-state index contributed by atoms with van der Waals surface area (Å²) in [6.45, 7) is 0. The summed E-state index contributed by atoms with van der Waals surface area (Å²) < 4.78 is 7.19. The maximum absolute atomic E-state index is 12.5. The number of hydrogen-bond donors (Lipinski definition) is 0. The predicted octanol–water partition coefficient (Wildman–Crippen LogP) is 4.88. The van der Waals surface area contributed by atoms with E-state index >= 15 is 0 Å². The number of para-hydroxylation sites is 1. The first-order valence-corrected chi connectivity index (χ1v) is 9.56. The fraction of sp³-hybridized carbons (Fsp3) is 0. The van der Waals surface area contributed by atoms with Crippen LogP contribution in [0.1, 0.15) is 11.1 Å². The second-order valence-corrected chi connectivity index (χ2v) is 6.78. The fourth-order valence-corrected chi connectivity index (χ4v) is 3.29. The Balaban J connectivity index is 1.60. The molecule has 0 aliphatic carbocycles. The maximum Gasteiger partial charge on any atom is 0.363 e. The van der Waals surface area contributed by atoms with Gasteiger partial charge < -0.3 is 4.74 Å². The lowest BCUT2D eigenvalue weighted by Crippen LogP contribution is -2.04. The monoisotopic (exact) mass is 391 g/mol. The van der Waals surface area contributed by atoms with Gasteiger partial charge in [-0.2, -0.15) is 5.10 Å². The van der Waals surface area contributed by atoms with Gasteiger partial charge in [-0.3, -0.25) is 0 Å². The fourth-order valence-electron chi connectivity index (χ4n) is 3.29. The van der Waals surface area contributed by atoms with Gasteiger partial charge in [-0.05, 0) is 30.3 Å². The van der Waals surface area contributed by atoms with Crippen molar-refractivity contribution in [3.63, 3.8) is 0 Å². The second-order valence-electron chi connectivity index (χ2n) is 6.78. The molecule has 3 aromatic carbocycles. The van der Waals surface area contributed by atoms with Crippen LogP contribution in [0.15, 0.2) is 108 Å². The molecule has 0 bridgehead atoms. The van der Waals surface area contributed by atoms with Crippen LogP contribution in [0.4, 0.5) is 0 Å². The molecule has 2 heterocycles. The van der Waals surface area contributed by atoms with Crippen LogP contribution < -0.4 is 0 Å². The van der Waals surface area contributed by atoms with Crippen LogP contribution >= 0.6 is 0 Å². The summed E-state index contributed by atoms with van der Waals surface area (Å²) in [6, 6.07) is 29.1. The van der Waals surface area contributed by atoms with Crippen LogP contribution in [0.25, 0.3) is 23.0 Å². The molecule has 0 radical (unpaired) electrons. The quantitative estimate of drug-likeness (QED) is 0.368. The third-order valence-corrected chi connectivity index (χ3v) is 4.74. The molecule has 1 aromatic heterocycles. The molecule has 0 spiro atoms. The van der Waals surface area contributed by atoms with E-state index in [1.807, 2.05) is 97.2 Å². The Morgan fingerprint density at radius 1 is 0.767 bits per heavy atom. The average molecular weight is 391 g/mol. The minimum atomic E-state index is -0.472. The third-order valence-electron chi connectivity index (χ3n) is 4.74. The molecule has 0 fully saturated rings. The summed E-state index contributed by atoms with van der Waals surface area (Å²) in [5.74, 6) is -0.163. The number of cyclic esters (lactones) is 1. The SMILES string of the molecule is O=C1OC(c2ccccc2)=NC1=Cc1cn(-c2ccccc2)nc1-c1ccccc1. The molecule has 144 valence electrons. The van der Waals surface area contributed by atoms with E-state index in [1.54, 1.807) is 10.8 Å². The largest absolute Gasteiger partial charge is 0.402 e. The Morgan fingerprint density at radius 3 is 2.03 bits per heavy atom. The van der Waals surface area contributed by atoms with E-state index in [0.29, 0.717) is 5.90 Å². The average Bonchev–Trinajstić information content (AvgIpc) is 3.40. The normalized spacial score (nSPS) is 14.6. The van der Waals surface area contributed by atoms with Crippen LogP contribution in [0.5, 0.6) is 0 Å². The molecule has 5 heteroatoms. The summed E-state index contributed by atoms with van der Waals surface area (Å²) in [4.78, 5) is 16.9. The first-order valence-electron chi connectivity index (χ1n) is 9.56. The molecule has 0 unspecified atom stereocenters. The summed E-state index contributed by atoms with van der Waals surface area (Å²) in [5.41, 5.74) is 4.45. The van der Waals surface area contributed by atoms with Crippen molar-refractivity contribution >= 4 is 17.9 Å². The summed E-state index contributed by atoms with van der Waals surface area (Å²) in [7, 11) is 0. The molecule has 0 atom stereocenters. The van der Waals surface area contributed by atoms with Crippen molar-refractivity contribution in [3.05, 3.63) is 114 Å². The van der Waals surface area contributed by atoms with Crippen LogP contribution in [0, 0.1) is 0 Å². The summed E-state index contributed by atoms with van der Waals surface area (Å²) in [5, 5.41) is 4.77. The lowest BCUT2D eigenvalue weighted by Gasteiger charge is -2.00. The Hall–Kier alpha value is -4.25. The highest BCUT2D eigenvalue weighted by molar-refractivity contribution is 6.13. The Morgan fingerprint density at radius 2 is 1.37 bits per heavy atom. The molecular formula is C25H17N3O2. The van der Waals surface area contributed by atoms with Gasteiger partial charge in [0.15, 0.2) is 5.70 Å². The number of carbonyl (C=O) groups is 1. The molecule has 0 saturated heterocycles. The number of ether oxygens (including phenoxy) is 1. The smallest absolute Gasteiger partial charge is 0.363 e. The van der Waals surface area contributed by atoms with E-state index < -0.39 is 5.97 Å². The first-order chi connectivity index (χ1) is 14.8. The number of carbonyl (C=O) groups excluding carboxylic acids is 1.